The maximum atomic E-state index is 14.0. The van der Waals surface area contributed by atoms with Gasteiger partial charge in [0, 0.05) is 18.7 Å². The van der Waals surface area contributed by atoms with Crippen molar-refractivity contribution in [1.82, 2.24) is 4.90 Å². The number of fused-ring (bicyclic) bond motifs is 1. The number of phenols is 2. The number of carbonyl (C=O) groups is 1. The largest absolute Gasteiger partial charge is 0.508 e. The van der Waals surface area contributed by atoms with Crippen LogP contribution in [0, 0.1) is 16.6 Å². The highest BCUT2D eigenvalue weighted by atomic mass is 19.1. The van der Waals surface area contributed by atoms with Crippen LogP contribution in [-0.2, 0) is 0 Å². The van der Waals surface area contributed by atoms with Crippen molar-refractivity contribution in [3.05, 3.63) is 53.8 Å². The molecule has 1 saturated heterocycles. The van der Waals surface area contributed by atoms with Crippen LogP contribution in [0.3, 0.4) is 0 Å². The van der Waals surface area contributed by atoms with E-state index < -0.39 is 5.82 Å². The number of ketones is 1. The molecule has 0 unspecified atom stereocenters. The molecular formula is C23H26FNO4. The van der Waals surface area contributed by atoms with Crippen molar-refractivity contribution in [3.63, 3.8) is 0 Å². The van der Waals surface area contributed by atoms with E-state index in [1.807, 2.05) is 0 Å². The third-order valence-electron chi connectivity index (χ3n) is 6.75. The number of carbonyl (C=O) groups excluding carboxylic acids is 1. The van der Waals surface area contributed by atoms with E-state index in [1.54, 1.807) is 12.1 Å². The van der Waals surface area contributed by atoms with Gasteiger partial charge in [-0.05, 0) is 60.1 Å². The summed E-state index contributed by atoms with van der Waals surface area (Å²) in [5.74, 6) is -0.647. The van der Waals surface area contributed by atoms with Crippen molar-refractivity contribution >= 4 is 5.78 Å². The highest BCUT2D eigenvalue weighted by Gasteiger charge is 2.58. The zero-order chi connectivity index (χ0) is 20.8. The number of para-hydroxylation sites is 1. The van der Waals surface area contributed by atoms with Crippen molar-refractivity contribution in [3.8, 4) is 17.2 Å². The first-order valence-corrected chi connectivity index (χ1v) is 9.88. The molecule has 154 valence electrons. The van der Waals surface area contributed by atoms with Gasteiger partial charge in [-0.3, -0.25) is 9.69 Å². The topological polar surface area (TPSA) is 70.0 Å². The molecule has 2 aliphatic rings. The summed E-state index contributed by atoms with van der Waals surface area (Å²) in [4.78, 5) is 14.8. The molecule has 2 N–H and O–H groups in total. The van der Waals surface area contributed by atoms with E-state index in [1.165, 1.54) is 30.3 Å². The average Bonchev–Trinajstić information content (AvgIpc) is 3.01. The fourth-order valence-electron chi connectivity index (χ4n) is 5.04. The van der Waals surface area contributed by atoms with Gasteiger partial charge in [0.25, 0.3) is 0 Å². The SMILES string of the molecule is C[C@@]12C[C@@H](Oc3c(O)cccc3F)C[C@]1(C)CN(CC(=O)c1ccc(O)cc1)C2. The van der Waals surface area contributed by atoms with Gasteiger partial charge in [0.05, 0.1) is 6.54 Å². The summed E-state index contributed by atoms with van der Waals surface area (Å²) in [6.45, 7) is 6.24. The Morgan fingerprint density at radius 2 is 1.72 bits per heavy atom. The number of benzene rings is 2. The molecule has 2 fully saturated rings. The van der Waals surface area contributed by atoms with Crippen LogP contribution in [0.25, 0.3) is 0 Å². The molecule has 0 aromatic heterocycles. The fourth-order valence-corrected chi connectivity index (χ4v) is 5.04. The molecule has 1 aliphatic heterocycles. The summed E-state index contributed by atoms with van der Waals surface area (Å²) in [5, 5.41) is 19.3. The minimum Gasteiger partial charge on any atom is -0.508 e. The summed E-state index contributed by atoms with van der Waals surface area (Å²) in [6, 6.07) is 10.5. The molecule has 1 aliphatic carbocycles. The summed E-state index contributed by atoms with van der Waals surface area (Å²) in [6.07, 6.45) is 1.30. The Kier molecular flexibility index (Phi) is 4.77. The first-order valence-electron chi connectivity index (χ1n) is 9.88. The normalized spacial score (nSPS) is 29.0. The molecule has 0 spiro atoms. The van der Waals surface area contributed by atoms with Gasteiger partial charge >= 0.3 is 0 Å². The molecule has 0 bridgehead atoms. The number of Topliss-reactive ketones (excluding diaryl/α,β-unsaturated/α-hetero) is 1. The maximum Gasteiger partial charge on any atom is 0.197 e. The van der Waals surface area contributed by atoms with Crippen LogP contribution >= 0.6 is 0 Å². The Morgan fingerprint density at radius 3 is 2.31 bits per heavy atom. The predicted molar refractivity (Wildman–Crippen MR) is 107 cm³/mol. The van der Waals surface area contributed by atoms with Crippen LogP contribution in [0.1, 0.15) is 37.0 Å². The number of hydrogen-bond donors (Lipinski definition) is 2. The van der Waals surface area contributed by atoms with Crippen molar-refractivity contribution in [1.29, 1.82) is 0 Å². The van der Waals surface area contributed by atoms with Gasteiger partial charge in [-0.2, -0.15) is 0 Å². The number of aromatic hydroxyl groups is 2. The van der Waals surface area contributed by atoms with Gasteiger partial charge in [-0.25, -0.2) is 4.39 Å². The zero-order valence-electron chi connectivity index (χ0n) is 16.7. The molecule has 29 heavy (non-hydrogen) atoms. The Bertz CT molecular complexity index is 891. The average molecular weight is 399 g/mol. The third kappa shape index (κ3) is 3.57. The Hall–Kier alpha value is -2.60. The number of nitrogens with zero attached hydrogens (tertiary/aromatic N) is 1. The van der Waals surface area contributed by atoms with Crippen molar-refractivity contribution < 1.29 is 24.1 Å². The van der Waals surface area contributed by atoms with Gasteiger partial charge in [0.15, 0.2) is 23.1 Å². The van der Waals surface area contributed by atoms with Crippen LogP contribution < -0.4 is 4.74 Å². The minimum atomic E-state index is -0.557. The highest BCUT2D eigenvalue weighted by molar-refractivity contribution is 5.97. The third-order valence-corrected chi connectivity index (χ3v) is 6.75. The van der Waals surface area contributed by atoms with Crippen LogP contribution in [0.15, 0.2) is 42.5 Å². The predicted octanol–water partition coefficient (Wildman–Crippen LogP) is 3.99. The number of likely N-dealkylation sites (tertiary alicyclic amines) is 1. The molecule has 3 atom stereocenters. The van der Waals surface area contributed by atoms with Gasteiger partial charge in [-0.1, -0.05) is 19.9 Å². The lowest BCUT2D eigenvalue weighted by molar-refractivity contribution is 0.0927. The minimum absolute atomic E-state index is 0.0289. The van der Waals surface area contributed by atoms with Crippen molar-refractivity contribution in [2.75, 3.05) is 19.6 Å². The van der Waals surface area contributed by atoms with Crippen molar-refractivity contribution in [2.24, 2.45) is 10.8 Å². The molecule has 0 radical (unpaired) electrons. The molecular weight excluding hydrogens is 373 g/mol. The smallest absolute Gasteiger partial charge is 0.197 e. The lowest BCUT2D eigenvalue weighted by Gasteiger charge is -2.32. The maximum absolute atomic E-state index is 14.0. The van der Waals surface area contributed by atoms with E-state index in [9.17, 15) is 19.4 Å². The molecule has 2 aromatic carbocycles. The Labute approximate surface area is 169 Å². The first kappa shape index (κ1) is 19.7. The molecule has 1 saturated carbocycles. The second-order valence-electron chi connectivity index (χ2n) is 8.97. The molecule has 1 heterocycles. The van der Waals surface area contributed by atoms with E-state index in [-0.39, 0.29) is 40.0 Å². The Morgan fingerprint density at radius 1 is 1.10 bits per heavy atom. The van der Waals surface area contributed by atoms with Crippen LogP contribution in [0.2, 0.25) is 0 Å². The highest BCUT2D eigenvalue weighted by Crippen LogP contribution is 2.58. The van der Waals surface area contributed by atoms with Gasteiger partial charge in [-0.15, -0.1) is 0 Å². The number of phenolic OH excluding ortho intramolecular Hbond substituents is 2. The molecule has 4 rings (SSSR count). The number of halogens is 1. The number of hydrogen-bond acceptors (Lipinski definition) is 5. The Balaban J connectivity index is 1.42. The van der Waals surface area contributed by atoms with Gasteiger partial charge < -0.3 is 14.9 Å². The molecule has 0 amide bonds. The van der Waals surface area contributed by atoms with Crippen LogP contribution in [0.5, 0.6) is 17.2 Å². The first-order chi connectivity index (χ1) is 13.7. The van der Waals surface area contributed by atoms with Gasteiger partial charge in [0.1, 0.15) is 11.9 Å². The van der Waals surface area contributed by atoms with E-state index >= 15 is 0 Å². The quantitative estimate of drug-likeness (QED) is 0.744. The van der Waals surface area contributed by atoms with Gasteiger partial charge in [0.2, 0.25) is 0 Å². The summed E-state index contributed by atoms with van der Waals surface area (Å²) in [5.41, 5.74) is 0.466. The monoisotopic (exact) mass is 399 g/mol. The lowest BCUT2D eigenvalue weighted by Crippen LogP contribution is -2.32. The molecule has 6 heteroatoms. The van der Waals surface area contributed by atoms with E-state index in [4.69, 9.17) is 4.74 Å². The second kappa shape index (κ2) is 7.02. The second-order valence-corrected chi connectivity index (χ2v) is 8.97. The number of rotatable bonds is 5. The summed E-state index contributed by atoms with van der Waals surface area (Å²) < 4.78 is 19.9. The van der Waals surface area contributed by atoms with Crippen LogP contribution in [0.4, 0.5) is 4.39 Å². The standard InChI is InChI=1S/C23H26FNO4/c1-22-10-17(29-21-18(24)4-3-5-19(21)27)11-23(22,2)14-25(13-22)12-20(28)15-6-8-16(26)9-7-15/h3-9,17,26-27H,10-14H2,1-2H3/t17-,22+,23-. The van der Waals surface area contributed by atoms with E-state index in [0.717, 1.165) is 25.9 Å². The number of ether oxygens (including phenoxy) is 1. The fraction of sp³-hybridized carbons (Fsp3) is 0.435. The van der Waals surface area contributed by atoms with E-state index in [0.29, 0.717) is 12.1 Å². The van der Waals surface area contributed by atoms with Crippen LogP contribution in [-0.4, -0.2) is 46.6 Å². The van der Waals surface area contributed by atoms with Crippen molar-refractivity contribution in [2.45, 2.75) is 32.8 Å². The van der Waals surface area contributed by atoms with E-state index in [2.05, 4.69) is 18.7 Å². The summed E-state index contributed by atoms with van der Waals surface area (Å²) >= 11 is 0. The molecule has 5 nitrogen and oxygen atoms in total. The lowest BCUT2D eigenvalue weighted by atomic mass is 9.71. The summed E-state index contributed by atoms with van der Waals surface area (Å²) in [7, 11) is 0. The zero-order valence-corrected chi connectivity index (χ0v) is 16.7. The molecule has 2 aromatic rings.